The first kappa shape index (κ1) is 14.5. The van der Waals surface area contributed by atoms with Crippen LogP contribution in [0.25, 0.3) is 0 Å². The minimum Gasteiger partial charge on any atom is -0.298 e. The van der Waals surface area contributed by atoms with Gasteiger partial charge in [-0.3, -0.25) is 10.1 Å². The molecule has 1 atom stereocenters. The Kier molecular flexibility index (Phi) is 3.95. The molecule has 3 nitrogen and oxygen atoms in total. The van der Waals surface area contributed by atoms with Gasteiger partial charge in [0.15, 0.2) is 5.13 Å². The van der Waals surface area contributed by atoms with Crippen LogP contribution in [0.15, 0.2) is 18.2 Å². The maximum Gasteiger partial charge on any atom is 0.260 e. The lowest BCUT2D eigenvalue weighted by Gasteiger charge is -2.15. The van der Waals surface area contributed by atoms with E-state index in [9.17, 15) is 9.18 Å². The van der Waals surface area contributed by atoms with Gasteiger partial charge in [-0.1, -0.05) is 18.5 Å². The molecule has 2 aromatic rings. The molecule has 0 fully saturated rings. The lowest BCUT2D eigenvalue weighted by Crippen LogP contribution is -2.13. The molecule has 1 aliphatic carbocycles. The van der Waals surface area contributed by atoms with Crippen LogP contribution in [-0.2, 0) is 12.8 Å². The summed E-state index contributed by atoms with van der Waals surface area (Å²) in [6, 6.07) is 3.92. The monoisotopic (exact) mass is 324 g/mol. The molecule has 0 radical (unpaired) electrons. The molecule has 0 aliphatic heterocycles. The second kappa shape index (κ2) is 5.73. The molecule has 0 bridgehead atoms. The lowest BCUT2D eigenvalue weighted by molar-refractivity contribution is 0.102. The molecule has 110 valence electrons. The van der Waals surface area contributed by atoms with Crippen LogP contribution < -0.4 is 5.32 Å². The molecule has 1 aromatic carbocycles. The van der Waals surface area contributed by atoms with Gasteiger partial charge in [0.05, 0.1) is 11.3 Å². The molecule has 1 unspecified atom stereocenters. The van der Waals surface area contributed by atoms with Gasteiger partial charge in [-0.05, 0) is 43.4 Å². The van der Waals surface area contributed by atoms with Crippen LogP contribution in [0.5, 0.6) is 0 Å². The zero-order chi connectivity index (χ0) is 15.0. The second-order valence-corrected chi connectivity index (χ2v) is 6.84. The van der Waals surface area contributed by atoms with E-state index in [2.05, 4.69) is 17.2 Å². The molecule has 0 saturated carbocycles. The number of rotatable bonds is 2. The maximum atomic E-state index is 13.7. The normalized spacial score (nSPS) is 17.4. The number of fused-ring (bicyclic) bond motifs is 1. The van der Waals surface area contributed by atoms with Gasteiger partial charge in [0.25, 0.3) is 5.91 Å². The van der Waals surface area contributed by atoms with Gasteiger partial charge < -0.3 is 0 Å². The van der Waals surface area contributed by atoms with Crippen molar-refractivity contribution < 1.29 is 9.18 Å². The van der Waals surface area contributed by atoms with Gasteiger partial charge in [-0.25, -0.2) is 9.37 Å². The van der Waals surface area contributed by atoms with E-state index in [1.807, 2.05) is 0 Å². The lowest BCUT2D eigenvalue weighted by atomic mass is 9.93. The fraction of sp³-hybridized carbons (Fsp3) is 0.333. The van der Waals surface area contributed by atoms with Crippen LogP contribution in [0.1, 0.15) is 34.3 Å². The first-order chi connectivity index (χ1) is 10.0. The molecule has 6 heteroatoms. The van der Waals surface area contributed by atoms with E-state index in [4.69, 9.17) is 11.6 Å². The van der Waals surface area contributed by atoms with Crippen molar-refractivity contribution in [3.8, 4) is 0 Å². The Bertz CT molecular complexity index is 701. The number of aryl methyl sites for hydroxylation is 1. The van der Waals surface area contributed by atoms with Crippen LogP contribution >= 0.6 is 22.9 Å². The van der Waals surface area contributed by atoms with Crippen molar-refractivity contribution in [1.29, 1.82) is 0 Å². The number of amides is 1. The number of nitrogens with zero attached hydrogens (tertiary/aromatic N) is 1. The van der Waals surface area contributed by atoms with Crippen molar-refractivity contribution in [3.05, 3.63) is 45.2 Å². The smallest absolute Gasteiger partial charge is 0.260 e. The average molecular weight is 325 g/mol. The minimum absolute atomic E-state index is 0.0657. The Morgan fingerprint density at radius 2 is 2.33 bits per heavy atom. The molecule has 1 heterocycles. The average Bonchev–Trinajstić information content (AvgIpc) is 2.82. The van der Waals surface area contributed by atoms with Crippen molar-refractivity contribution in [3.63, 3.8) is 0 Å². The number of carbonyl (C=O) groups excluding carboxylic acids is 1. The first-order valence-corrected chi connectivity index (χ1v) is 7.97. The zero-order valence-electron chi connectivity index (χ0n) is 11.5. The van der Waals surface area contributed by atoms with Gasteiger partial charge in [0, 0.05) is 9.90 Å². The fourth-order valence-corrected chi connectivity index (χ4v) is 3.77. The summed E-state index contributed by atoms with van der Waals surface area (Å²) in [5.74, 6) is -0.465. The van der Waals surface area contributed by atoms with E-state index < -0.39 is 11.7 Å². The van der Waals surface area contributed by atoms with Crippen LogP contribution in [0.2, 0.25) is 5.02 Å². The van der Waals surface area contributed by atoms with Gasteiger partial charge >= 0.3 is 0 Å². The third-order valence-corrected chi connectivity index (χ3v) is 4.85. The van der Waals surface area contributed by atoms with Crippen LogP contribution in [0.3, 0.4) is 0 Å². The van der Waals surface area contributed by atoms with E-state index in [1.165, 1.54) is 34.4 Å². The summed E-state index contributed by atoms with van der Waals surface area (Å²) in [6.07, 6.45) is 3.05. The third kappa shape index (κ3) is 3.09. The summed E-state index contributed by atoms with van der Waals surface area (Å²) in [4.78, 5) is 17.8. The van der Waals surface area contributed by atoms with Gasteiger partial charge in [-0.2, -0.15) is 0 Å². The molecule has 21 heavy (non-hydrogen) atoms. The van der Waals surface area contributed by atoms with Crippen molar-refractivity contribution in [2.24, 2.45) is 5.92 Å². The first-order valence-electron chi connectivity index (χ1n) is 6.78. The summed E-state index contributed by atoms with van der Waals surface area (Å²) in [5.41, 5.74) is 0.990. The Morgan fingerprint density at radius 1 is 1.52 bits per heavy atom. The van der Waals surface area contributed by atoms with E-state index in [0.29, 0.717) is 16.1 Å². The summed E-state index contributed by atoms with van der Waals surface area (Å²) in [5, 5.41) is 3.52. The standard InChI is InChI=1S/C15H14ClFN2OS/c1-8-2-5-12-13(6-8)21-15(18-12)19-14(20)10-7-9(16)3-4-11(10)17/h3-4,7-8H,2,5-6H2,1H3,(H,18,19,20). The van der Waals surface area contributed by atoms with E-state index in [1.54, 1.807) is 0 Å². The highest BCUT2D eigenvalue weighted by atomic mass is 35.5. The van der Waals surface area contributed by atoms with Crippen LogP contribution in [-0.4, -0.2) is 10.9 Å². The Hall–Kier alpha value is -1.46. The largest absolute Gasteiger partial charge is 0.298 e. The van der Waals surface area contributed by atoms with Crippen LogP contribution in [0.4, 0.5) is 9.52 Å². The molecule has 3 rings (SSSR count). The van der Waals surface area contributed by atoms with E-state index in [-0.39, 0.29) is 5.56 Å². The molecule has 0 saturated heterocycles. The molecule has 1 aliphatic rings. The number of aromatic nitrogens is 1. The SMILES string of the molecule is CC1CCc2nc(NC(=O)c3cc(Cl)ccc3F)sc2C1. The summed E-state index contributed by atoms with van der Waals surface area (Å²) >= 11 is 7.28. The van der Waals surface area contributed by atoms with E-state index in [0.717, 1.165) is 25.0 Å². The predicted octanol–water partition coefficient (Wildman–Crippen LogP) is 4.31. The zero-order valence-corrected chi connectivity index (χ0v) is 13.0. The Labute approximate surface area is 131 Å². The Morgan fingerprint density at radius 3 is 3.14 bits per heavy atom. The number of nitrogens with one attached hydrogen (secondary N) is 1. The quantitative estimate of drug-likeness (QED) is 0.894. The number of benzene rings is 1. The van der Waals surface area contributed by atoms with Crippen molar-refractivity contribution in [2.45, 2.75) is 26.2 Å². The minimum atomic E-state index is -0.591. The number of hydrogen-bond acceptors (Lipinski definition) is 3. The topological polar surface area (TPSA) is 42.0 Å². The fourth-order valence-electron chi connectivity index (χ4n) is 2.43. The molecule has 1 amide bonds. The molecule has 0 spiro atoms. The van der Waals surface area contributed by atoms with Crippen molar-refractivity contribution in [1.82, 2.24) is 4.98 Å². The van der Waals surface area contributed by atoms with Crippen LogP contribution in [0, 0.1) is 11.7 Å². The van der Waals surface area contributed by atoms with Crippen molar-refractivity contribution in [2.75, 3.05) is 5.32 Å². The van der Waals surface area contributed by atoms with Crippen molar-refractivity contribution >= 4 is 34.0 Å². The number of carbonyl (C=O) groups is 1. The second-order valence-electron chi connectivity index (χ2n) is 5.32. The van der Waals surface area contributed by atoms with Gasteiger partial charge in [0.1, 0.15) is 5.82 Å². The summed E-state index contributed by atoms with van der Waals surface area (Å²) in [6.45, 7) is 2.21. The predicted molar refractivity (Wildman–Crippen MR) is 82.7 cm³/mol. The summed E-state index contributed by atoms with van der Waals surface area (Å²) < 4.78 is 13.7. The van der Waals surface area contributed by atoms with Gasteiger partial charge in [0.2, 0.25) is 0 Å². The maximum absolute atomic E-state index is 13.7. The highest BCUT2D eigenvalue weighted by molar-refractivity contribution is 7.15. The number of thiazole rings is 1. The van der Waals surface area contributed by atoms with E-state index >= 15 is 0 Å². The third-order valence-electron chi connectivity index (χ3n) is 3.58. The molecule has 1 N–H and O–H groups in total. The number of anilines is 1. The molecule has 1 aromatic heterocycles. The summed E-state index contributed by atoms with van der Waals surface area (Å²) in [7, 11) is 0. The van der Waals surface area contributed by atoms with Gasteiger partial charge in [-0.15, -0.1) is 11.3 Å². The number of halogens is 2. The highest BCUT2D eigenvalue weighted by Crippen LogP contribution is 2.32. The molecular formula is C15H14ClFN2OS. The number of hydrogen-bond donors (Lipinski definition) is 1. The molecular weight excluding hydrogens is 311 g/mol. The Balaban J connectivity index is 1.80. The highest BCUT2D eigenvalue weighted by Gasteiger charge is 2.21.